The maximum atomic E-state index is 12.4. The van der Waals surface area contributed by atoms with Crippen molar-refractivity contribution in [2.24, 2.45) is 5.73 Å². The third-order valence-corrected chi connectivity index (χ3v) is 2.67. The van der Waals surface area contributed by atoms with Gasteiger partial charge in [0, 0.05) is 18.6 Å². The van der Waals surface area contributed by atoms with Crippen LogP contribution in [-0.2, 0) is 12.6 Å². The van der Waals surface area contributed by atoms with Gasteiger partial charge in [0.25, 0.3) is 0 Å². The molecular formula is C13H12F3N3. The van der Waals surface area contributed by atoms with Crippen LogP contribution in [-0.4, -0.2) is 9.97 Å². The number of pyridine rings is 2. The van der Waals surface area contributed by atoms with Crippen molar-refractivity contribution in [1.82, 2.24) is 9.97 Å². The highest BCUT2D eigenvalue weighted by molar-refractivity contribution is 5.20. The Balaban J connectivity index is 2.10. The van der Waals surface area contributed by atoms with E-state index >= 15 is 0 Å². The Morgan fingerprint density at radius 3 is 2.47 bits per heavy atom. The molecule has 0 aliphatic heterocycles. The van der Waals surface area contributed by atoms with Crippen molar-refractivity contribution in [3.05, 3.63) is 59.7 Å². The van der Waals surface area contributed by atoms with Gasteiger partial charge in [0.2, 0.25) is 0 Å². The highest BCUT2D eigenvalue weighted by Gasteiger charge is 2.30. The second-order valence-corrected chi connectivity index (χ2v) is 4.14. The summed E-state index contributed by atoms with van der Waals surface area (Å²) in [6, 6.07) is 5.49. The zero-order chi connectivity index (χ0) is 13.9. The molecule has 19 heavy (non-hydrogen) atoms. The monoisotopic (exact) mass is 267 g/mol. The van der Waals surface area contributed by atoms with E-state index in [9.17, 15) is 13.2 Å². The van der Waals surface area contributed by atoms with Crippen molar-refractivity contribution in [3.63, 3.8) is 0 Å². The van der Waals surface area contributed by atoms with Crippen LogP contribution < -0.4 is 5.73 Å². The number of hydrogen-bond donors (Lipinski definition) is 1. The number of alkyl halides is 3. The van der Waals surface area contributed by atoms with Gasteiger partial charge < -0.3 is 5.73 Å². The number of nitrogens with two attached hydrogens (primary N) is 1. The Bertz CT molecular complexity index is 523. The quantitative estimate of drug-likeness (QED) is 0.930. The average molecular weight is 267 g/mol. The maximum absolute atomic E-state index is 12.4. The van der Waals surface area contributed by atoms with Gasteiger partial charge in [0.15, 0.2) is 0 Å². The Morgan fingerprint density at radius 2 is 1.95 bits per heavy atom. The van der Waals surface area contributed by atoms with Crippen LogP contribution in [0.25, 0.3) is 0 Å². The summed E-state index contributed by atoms with van der Waals surface area (Å²) in [5.41, 5.74) is 6.48. The summed E-state index contributed by atoms with van der Waals surface area (Å²) in [5.74, 6) is 0. The lowest BCUT2D eigenvalue weighted by Crippen LogP contribution is -2.16. The summed E-state index contributed by atoms with van der Waals surface area (Å²) in [5, 5.41) is 0. The van der Waals surface area contributed by atoms with Crippen LogP contribution in [0.2, 0.25) is 0 Å². The molecule has 0 bridgehead atoms. The number of halogens is 3. The molecule has 0 radical (unpaired) electrons. The van der Waals surface area contributed by atoms with E-state index in [0.717, 1.165) is 17.8 Å². The van der Waals surface area contributed by atoms with Gasteiger partial charge >= 0.3 is 6.18 Å². The molecule has 1 atom stereocenters. The van der Waals surface area contributed by atoms with E-state index in [1.54, 1.807) is 18.5 Å². The smallest absolute Gasteiger partial charge is 0.322 e. The second kappa shape index (κ2) is 5.36. The minimum Gasteiger partial charge on any atom is -0.322 e. The van der Waals surface area contributed by atoms with E-state index in [1.807, 2.05) is 6.07 Å². The largest absolute Gasteiger partial charge is 0.417 e. The minimum atomic E-state index is -4.38. The van der Waals surface area contributed by atoms with Crippen LogP contribution >= 0.6 is 0 Å². The average Bonchev–Trinajstić information content (AvgIpc) is 2.39. The fourth-order valence-electron chi connectivity index (χ4n) is 1.67. The predicted octanol–water partition coefficient (Wildman–Crippen LogP) is 2.74. The van der Waals surface area contributed by atoms with Crippen LogP contribution in [0.5, 0.6) is 0 Å². The molecule has 0 aliphatic rings. The molecule has 0 aliphatic carbocycles. The van der Waals surface area contributed by atoms with E-state index in [-0.39, 0.29) is 0 Å². The topological polar surface area (TPSA) is 51.8 Å². The van der Waals surface area contributed by atoms with Crippen LogP contribution in [0.15, 0.2) is 42.9 Å². The summed E-state index contributed by atoms with van der Waals surface area (Å²) >= 11 is 0. The van der Waals surface area contributed by atoms with Crippen LogP contribution in [0.1, 0.15) is 22.9 Å². The van der Waals surface area contributed by atoms with Crippen LogP contribution in [0.3, 0.4) is 0 Å². The normalized spacial score (nSPS) is 13.3. The Kier molecular flexibility index (Phi) is 3.80. The fourth-order valence-corrected chi connectivity index (χ4v) is 1.67. The van der Waals surface area contributed by atoms with Gasteiger partial charge in [-0.3, -0.25) is 9.97 Å². The van der Waals surface area contributed by atoms with Gasteiger partial charge in [-0.25, -0.2) is 0 Å². The Morgan fingerprint density at radius 1 is 1.16 bits per heavy atom. The SMILES string of the molecule is NC(Cc1cccnc1)c1ccc(C(F)(F)F)cn1. The third-order valence-electron chi connectivity index (χ3n) is 2.67. The first-order valence-corrected chi connectivity index (χ1v) is 5.64. The summed E-state index contributed by atoms with van der Waals surface area (Å²) in [6.45, 7) is 0. The molecule has 0 fully saturated rings. The summed E-state index contributed by atoms with van der Waals surface area (Å²) in [7, 11) is 0. The van der Waals surface area contributed by atoms with Crippen molar-refractivity contribution in [2.75, 3.05) is 0 Å². The first-order chi connectivity index (χ1) is 8.97. The van der Waals surface area contributed by atoms with Gasteiger partial charge in [-0.2, -0.15) is 13.2 Å². The van der Waals surface area contributed by atoms with Crippen LogP contribution in [0, 0.1) is 0 Å². The molecule has 2 N–H and O–H groups in total. The van der Waals surface area contributed by atoms with Gasteiger partial charge in [-0.1, -0.05) is 6.07 Å². The molecule has 3 nitrogen and oxygen atoms in total. The molecule has 0 saturated heterocycles. The zero-order valence-corrected chi connectivity index (χ0v) is 9.93. The van der Waals surface area contributed by atoms with Crippen molar-refractivity contribution >= 4 is 0 Å². The van der Waals surface area contributed by atoms with Gasteiger partial charge in [0.1, 0.15) is 0 Å². The number of hydrogen-bond acceptors (Lipinski definition) is 3. The minimum absolute atomic E-state index is 0.428. The number of nitrogens with zero attached hydrogens (tertiary/aromatic N) is 2. The predicted molar refractivity (Wildman–Crippen MR) is 64.1 cm³/mol. The first kappa shape index (κ1) is 13.5. The summed E-state index contributed by atoms with van der Waals surface area (Å²) in [6.07, 6.45) is 0.221. The third kappa shape index (κ3) is 3.51. The van der Waals surface area contributed by atoms with Crippen molar-refractivity contribution in [2.45, 2.75) is 18.6 Å². The van der Waals surface area contributed by atoms with Gasteiger partial charge in [-0.15, -0.1) is 0 Å². The van der Waals surface area contributed by atoms with E-state index < -0.39 is 17.8 Å². The molecule has 2 aromatic rings. The van der Waals surface area contributed by atoms with Crippen LogP contribution in [0.4, 0.5) is 13.2 Å². The van der Waals surface area contributed by atoms with E-state index in [4.69, 9.17) is 5.73 Å². The lowest BCUT2D eigenvalue weighted by molar-refractivity contribution is -0.137. The molecule has 2 rings (SSSR count). The van der Waals surface area contributed by atoms with E-state index in [0.29, 0.717) is 12.1 Å². The second-order valence-electron chi connectivity index (χ2n) is 4.14. The van der Waals surface area contributed by atoms with E-state index in [1.165, 1.54) is 6.07 Å². The maximum Gasteiger partial charge on any atom is 0.417 e. The van der Waals surface area contributed by atoms with Crippen molar-refractivity contribution in [3.8, 4) is 0 Å². The molecule has 0 aromatic carbocycles. The summed E-state index contributed by atoms with van der Waals surface area (Å²) < 4.78 is 37.2. The Hall–Kier alpha value is -1.95. The number of aromatic nitrogens is 2. The molecule has 1 unspecified atom stereocenters. The lowest BCUT2D eigenvalue weighted by Gasteiger charge is -2.12. The molecule has 0 spiro atoms. The Labute approximate surface area is 108 Å². The van der Waals surface area contributed by atoms with Gasteiger partial charge in [0.05, 0.1) is 17.3 Å². The molecule has 6 heteroatoms. The molecule has 2 heterocycles. The molecular weight excluding hydrogens is 255 g/mol. The van der Waals surface area contributed by atoms with Gasteiger partial charge in [-0.05, 0) is 30.2 Å². The lowest BCUT2D eigenvalue weighted by atomic mass is 10.0. The fraction of sp³-hybridized carbons (Fsp3) is 0.231. The number of rotatable bonds is 3. The highest BCUT2D eigenvalue weighted by Crippen LogP contribution is 2.29. The van der Waals surface area contributed by atoms with Crippen molar-refractivity contribution in [1.29, 1.82) is 0 Å². The molecule has 0 amide bonds. The molecule has 2 aromatic heterocycles. The summed E-state index contributed by atoms with van der Waals surface area (Å²) in [4.78, 5) is 7.73. The first-order valence-electron chi connectivity index (χ1n) is 5.64. The molecule has 0 saturated carbocycles. The van der Waals surface area contributed by atoms with E-state index in [2.05, 4.69) is 9.97 Å². The standard InChI is InChI=1S/C13H12F3N3/c14-13(15,16)10-3-4-12(19-8-10)11(17)6-9-2-1-5-18-7-9/h1-5,7-8,11H,6,17H2. The zero-order valence-electron chi connectivity index (χ0n) is 9.93. The van der Waals surface area contributed by atoms with Crippen molar-refractivity contribution < 1.29 is 13.2 Å². The highest BCUT2D eigenvalue weighted by atomic mass is 19.4. The molecule has 100 valence electrons.